The van der Waals surface area contributed by atoms with Gasteiger partial charge in [-0.3, -0.25) is 9.69 Å². The number of nitrogens with zero attached hydrogens (tertiary/aromatic N) is 3. The highest BCUT2D eigenvalue weighted by atomic mass is 32.1. The second-order valence-corrected chi connectivity index (χ2v) is 8.36. The van der Waals surface area contributed by atoms with Crippen LogP contribution in [-0.2, 0) is 0 Å². The van der Waals surface area contributed by atoms with Crippen molar-refractivity contribution < 1.29 is 9.53 Å². The van der Waals surface area contributed by atoms with Gasteiger partial charge in [-0.2, -0.15) is 0 Å². The van der Waals surface area contributed by atoms with Crippen molar-refractivity contribution >= 4 is 43.4 Å². The fourth-order valence-corrected chi connectivity index (χ4v) is 4.74. The third kappa shape index (κ3) is 4.40. The van der Waals surface area contributed by atoms with Crippen molar-refractivity contribution in [1.29, 1.82) is 0 Å². The number of hydrogen-bond acceptors (Lipinski definition) is 5. The number of methoxy groups -OCH3 is 1. The zero-order chi connectivity index (χ0) is 21.8. The summed E-state index contributed by atoms with van der Waals surface area (Å²) in [5.41, 5.74) is 1.47. The van der Waals surface area contributed by atoms with Crippen molar-refractivity contribution in [2.45, 2.75) is 13.8 Å². The molecule has 0 aliphatic heterocycles. The van der Waals surface area contributed by atoms with E-state index >= 15 is 0 Å². The van der Waals surface area contributed by atoms with E-state index in [1.54, 1.807) is 7.11 Å². The molecule has 31 heavy (non-hydrogen) atoms. The Morgan fingerprint density at radius 1 is 0.968 bits per heavy atom. The number of aromatic nitrogens is 1. The predicted molar refractivity (Wildman–Crippen MR) is 130 cm³/mol. The molecule has 160 valence electrons. The summed E-state index contributed by atoms with van der Waals surface area (Å²) >= 11 is 1.52. The fraction of sp³-hybridized carbons (Fsp3) is 0.280. The van der Waals surface area contributed by atoms with E-state index in [0.717, 1.165) is 46.4 Å². The van der Waals surface area contributed by atoms with Gasteiger partial charge in [0.2, 0.25) is 0 Å². The van der Waals surface area contributed by atoms with Crippen molar-refractivity contribution in [3.63, 3.8) is 0 Å². The number of amides is 1. The maximum atomic E-state index is 13.7. The van der Waals surface area contributed by atoms with Gasteiger partial charge in [0.1, 0.15) is 11.3 Å². The van der Waals surface area contributed by atoms with E-state index in [1.807, 2.05) is 59.5 Å². The summed E-state index contributed by atoms with van der Waals surface area (Å²) in [6.45, 7) is 7.54. The molecule has 1 aromatic heterocycles. The van der Waals surface area contributed by atoms with E-state index in [-0.39, 0.29) is 5.91 Å². The molecule has 0 saturated carbocycles. The van der Waals surface area contributed by atoms with Gasteiger partial charge in [-0.15, -0.1) is 0 Å². The van der Waals surface area contributed by atoms with Gasteiger partial charge in [0.15, 0.2) is 5.13 Å². The molecule has 0 radical (unpaired) electrons. The number of benzene rings is 3. The monoisotopic (exact) mass is 433 g/mol. The van der Waals surface area contributed by atoms with E-state index in [1.165, 1.54) is 11.3 Å². The minimum atomic E-state index is -0.0315. The molecule has 0 atom stereocenters. The van der Waals surface area contributed by atoms with Crippen LogP contribution in [0.15, 0.2) is 60.7 Å². The van der Waals surface area contributed by atoms with Crippen molar-refractivity contribution in [2.24, 2.45) is 0 Å². The molecule has 0 spiro atoms. The van der Waals surface area contributed by atoms with Crippen LogP contribution in [0.1, 0.15) is 24.2 Å². The van der Waals surface area contributed by atoms with Gasteiger partial charge in [0, 0.05) is 18.7 Å². The number of likely N-dealkylation sites (N-methyl/N-ethyl adjacent to an activating group) is 1. The van der Waals surface area contributed by atoms with Crippen LogP contribution < -0.4 is 9.64 Å². The van der Waals surface area contributed by atoms with E-state index in [2.05, 4.69) is 24.8 Å². The van der Waals surface area contributed by atoms with Gasteiger partial charge < -0.3 is 9.64 Å². The van der Waals surface area contributed by atoms with Crippen LogP contribution in [-0.4, -0.2) is 49.1 Å². The lowest BCUT2D eigenvalue weighted by molar-refractivity contribution is 0.0984. The lowest BCUT2D eigenvalue weighted by Crippen LogP contribution is -2.38. The van der Waals surface area contributed by atoms with E-state index < -0.39 is 0 Å². The van der Waals surface area contributed by atoms with E-state index in [4.69, 9.17) is 9.72 Å². The summed E-state index contributed by atoms with van der Waals surface area (Å²) in [4.78, 5) is 22.6. The molecule has 6 heteroatoms. The molecule has 0 bridgehead atoms. The predicted octanol–water partition coefficient (Wildman–Crippen LogP) is 5.45. The van der Waals surface area contributed by atoms with Crippen molar-refractivity contribution in [3.8, 4) is 5.75 Å². The number of hydrogen-bond donors (Lipinski definition) is 0. The minimum absolute atomic E-state index is 0.0315. The van der Waals surface area contributed by atoms with Gasteiger partial charge in [0.05, 0.1) is 11.8 Å². The third-order valence-corrected chi connectivity index (χ3v) is 6.64. The maximum absolute atomic E-state index is 13.7. The second-order valence-electron chi connectivity index (χ2n) is 7.35. The molecule has 3 aromatic carbocycles. The van der Waals surface area contributed by atoms with Crippen LogP contribution in [0, 0.1) is 0 Å². The zero-order valence-corrected chi connectivity index (χ0v) is 19.0. The Hall–Kier alpha value is -2.96. The van der Waals surface area contributed by atoms with Gasteiger partial charge >= 0.3 is 0 Å². The first-order valence-electron chi connectivity index (χ1n) is 10.6. The van der Waals surface area contributed by atoms with Crippen LogP contribution >= 0.6 is 11.3 Å². The van der Waals surface area contributed by atoms with E-state index in [9.17, 15) is 4.79 Å². The van der Waals surface area contributed by atoms with Gasteiger partial charge in [0.25, 0.3) is 5.91 Å². The summed E-state index contributed by atoms with van der Waals surface area (Å²) in [5.74, 6) is 0.692. The second kappa shape index (κ2) is 9.45. The smallest absolute Gasteiger partial charge is 0.260 e. The number of fused-ring (bicyclic) bond motifs is 2. The summed E-state index contributed by atoms with van der Waals surface area (Å²) in [5, 5.41) is 2.88. The number of anilines is 1. The van der Waals surface area contributed by atoms with Crippen molar-refractivity contribution in [3.05, 3.63) is 66.2 Å². The Balaban J connectivity index is 1.73. The molecule has 0 aliphatic rings. The fourth-order valence-electron chi connectivity index (χ4n) is 3.74. The number of carbonyl (C=O) groups is 1. The SMILES string of the molecule is CCN(CC)CCN(C(=O)c1ccc2ccccc2c1)c1nc2c(OC)cccc2s1. The molecular formula is C25H27N3O2S. The standard InChI is InChI=1S/C25H27N3O2S/c1-4-27(5-2)15-16-28(25-26-23-21(30-3)11-8-12-22(23)31-25)24(29)20-14-13-18-9-6-7-10-19(18)17-20/h6-14,17H,4-5,15-16H2,1-3H3. The average molecular weight is 434 g/mol. The number of thiazole rings is 1. The Morgan fingerprint density at radius 2 is 1.74 bits per heavy atom. The molecule has 0 fully saturated rings. The van der Waals surface area contributed by atoms with Crippen LogP contribution in [0.3, 0.4) is 0 Å². The molecular weight excluding hydrogens is 406 g/mol. The highest BCUT2D eigenvalue weighted by molar-refractivity contribution is 7.22. The average Bonchev–Trinajstić information content (AvgIpc) is 3.25. The van der Waals surface area contributed by atoms with Gasteiger partial charge in [-0.05, 0) is 48.1 Å². The summed E-state index contributed by atoms with van der Waals surface area (Å²) in [7, 11) is 1.65. The largest absolute Gasteiger partial charge is 0.494 e. The summed E-state index contributed by atoms with van der Waals surface area (Å²) in [6, 6.07) is 19.8. The first-order valence-corrected chi connectivity index (χ1v) is 11.4. The van der Waals surface area contributed by atoms with Crippen molar-refractivity contribution in [1.82, 2.24) is 9.88 Å². The summed E-state index contributed by atoms with van der Waals surface area (Å²) < 4.78 is 6.49. The zero-order valence-electron chi connectivity index (χ0n) is 18.2. The van der Waals surface area contributed by atoms with Crippen LogP contribution in [0.2, 0.25) is 0 Å². The molecule has 4 aromatic rings. The molecule has 0 saturated heterocycles. The van der Waals surface area contributed by atoms with Gasteiger partial charge in [-0.1, -0.05) is 61.6 Å². The molecule has 0 N–H and O–H groups in total. The molecule has 0 unspecified atom stereocenters. The Labute approximate surface area is 186 Å². The maximum Gasteiger partial charge on any atom is 0.260 e. The molecule has 0 aliphatic carbocycles. The molecule has 1 heterocycles. The number of rotatable bonds is 8. The first kappa shape index (κ1) is 21.3. The minimum Gasteiger partial charge on any atom is -0.494 e. The van der Waals surface area contributed by atoms with Gasteiger partial charge in [-0.25, -0.2) is 4.98 Å². The summed E-state index contributed by atoms with van der Waals surface area (Å²) in [6.07, 6.45) is 0. The topological polar surface area (TPSA) is 45.7 Å². The molecule has 5 nitrogen and oxygen atoms in total. The van der Waals surface area contributed by atoms with E-state index in [0.29, 0.717) is 17.2 Å². The normalized spacial score (nSPS) is 11.4. The highest BCUT2D eigenvalue weighted by Gasteiger charge is 2.23. The lowest BCUT2D eigenvalue weighted by atomic mass is 10.1. The molecule has 4 rings (SSSR count). The third-order valence-electron chi connectivity index (χ3n) is 5.60. The first-order chi connectivity index (χ1) is 15.1. The Bertz CT molecular complexity index is 1200. The number of carbonyl (C=O) groups excluding carboxylic acids is 1. The number of para-hydroxylation sites is 1. The number of ether oxygens (including phenoxy) is 1. The van der Waals surface area contributed by atoms with Crippen LogP contribution in [0.25, 0.3) is 21.0 Å². The quantitative estimate of drug-likeness (QED) is 0.371. The molecule has 1 amide bonds. The Morgan fingerprint density at radius 3 is 2.48 bits per heavy atom. The van der Waals surface area contributed by atoms with Crippen LogP contribution in [0.5, 0.6) is 5.75 Å². The Kier molecular flexibility index (Phi) is 6.49. The van der Waals surface area contributed by atoms with Crippen LogP contribution in [0.4, 0.5) is 5.13 Å². The highest BCUT2D eigenvalue weighted by Crippen LogP contribution is 2.34. The lowest BCUT2D eigenvalue weighted by Gasteiger charge is -2.25. The van der Waals surface area contributed by atoms with Crippen molar-refractivity contribution in [2.75, 3.05) is 38.2 Å².